The number of piperazine rings is 1. The molecule has 0 spiro atoms. The zero-order chi connectivity index (χ0) is 19.4. The van der Waals surface area contributed by atoms with E-state index in [2.05, 4.69) is 0 Å². The minimum absolute atomic E-state index is 0.0255. The third kappa shape index (κ3) is 4.23. The molecule has 3 rings (SSSR count). The highest BCUT2D eigenvalue weighted by atomic mass is 32.2. The molecule has 0 unspecified atom stereocenters. The molecule has 0 bridgehead atoms. The smallest absolute Gasteiger partial charge is 0.254 e. The maximum Gasteiger partial charge on any atom is 0.254 e. The summed E-state index contributed by atoms with van der Waals surface area (Å²) in [6.07, 6.45) is 0. The van der Waals surface area contributed by atoms with Crippen molar-refractivity contribution in [3.8, 4) is 11.5 Å². The van der Waals surface area contributed by atoms with Gasteiger partial charge in [0.15, 0.2) is 0 Å². The fourth-order valence-corrected chi connectivity index (χ4v) is 4.40. The molecule has 1 aliphatic heterocycles. The number of hydrogen-bond acceptors (Lipinski definition) is 5. The predicted octanol–water partition coefficient (Wildman–Crippen LogP) is 1.94. The van der Waals surface area contributed by atoms with Crippen LogP contribution >= 0.6 is 0 Å². The highest BCUT2D eigenvalue weighted by molar-refractivity contribution is 7.89. The van der Waals surface area contributed by atoms with Gasteiger partial charge in [-0.15, -0.1) is 0 Å². The molecule has 27 heavy (non-hydrogen) atoms. The van der Waals surface area contributed by atoms with E-state index in [9.17, 15) is 18.3 Å². The molecule has 1 fully saturated rings. The number of hydrogen-bond donors (Lipinski definition) is 1. The van der Waals surface area contributed by atoms with Crippen LogP contribution in [0.2, 0.25) is 0 Å². The zero-order valence-corrected chi connectivity index (χ0v) is 15.9. The Balaban J connectivity index is 1.66. The van der Waals surface area contributed by atoms with Crippen LogP contribution in [0.5, 0.6) is 11.5 Å². The Morgan fingerprint density at radius 2 is 1.74 bits per heavy atom. The molecule has 0 atom stereocenters. The molecule has 1 heterocycles. The Kier molecular flexibility index (Phi) is 5.67. The second-order valence-corrected chi connectivity index (χ2v) is 8.09. The zero-order valence-electron chi connectivity index (χ0n) is 15.0. The van der Waals surface area contributed by atoms with Gasteiger partial charge in [0.05, 0.1) is 11.5 Å². The lowest BCUT2D eigenvalue weighted by molar-refractivity contribution is 0.0697. The number of nitrogens with zero attached hydrogens (tertiary/aromatic N) is 2. The van der Waals surface area contributed by atoms with Crippen LogP contribution in [0, 0.1) is 0 Å². The molecule has 7 nitrogen and oxygen atoms in total. The third-order valence-corrected chi connectivity index (χ3v) is 6.30. The van der Waals surface area contributed by atoms with Gasteiger partial charge in [-0.2, -0.15) is 4.31 Å². The van der Waals surface area contributed by atoms with E-state index in [-0.39, 0.29) is 29.6 Å². The molecule has 0 aliphatic carbocycles. The fourth-order valence-electron chi connectivity index (χ4n) is 2.98. The van der Waals surface area contributed by atoms with Crippen molar-refractivity contribution in [3.63, 3.8) is 0 Å². The van der Waals surface area contributed by atoms with E-state index >= 15 is 0 Å². The van der Waals surface area contributed by atoms with Crippen molar-refractivity contribution in [2.24, 2.45) is 0 Å². The lowest BCUT2D eigenvalue weighted by atomic mass is 10.2. The normalized spacial score (nSPS) is 15.5. The Labute approximate surface area is 158 Å². The Morgan fingerprint density at radius 3 is 2.33 bits per heavy atom. The average Bonchev–Trinajstić information content (AvgIpc) is 2.68. The molecule has 8 heteroatoms. The maximum atomic E-state index is 12.8. The molecular weight excluding hydrogens is 368 g/mol. The van der Waals surface area contributed by atoms with Crippen LogP contribution in [0.25, 0.3) is 0 Å². The van der Waals surface area contributed by atoms with Gasteiger partial charge in [0, 0.05) is 31.7 Å². The van der Waals surface area contributed by atoms with E-state index in [1.54, 1.807) is 29.2 Å². The van der Waals surface area contributed by atoms with Gasteiger partial charge in [0.2, 0.25) is 10.0 Å². The summed E-state index contributed by atoms with van der Waals surface area (Å²) in [5.74, 6) is 0.430. The molecular formula is C19H22N2O5S. The maximum absolute atomic E-state index is 12.8. The first-order valence-corrected chi connectivity index (χ1v) is 10.2. The SMILES string of the molecule is CCOc1ccc(S(=O)(=O)N2CCN(C(=O)c3cccc(O)c3)CC2)cc1. The number of amides is 1. The standard InChI is InChI=1S/C19H22N2O5S/c1-2-26-17-6-8-18(9-7-17)27(24,25)21-12-10-20(11-13-21)19(23)15-4-3-5-16(22)14-15/h3-9,14,22H,2,10-13H2,1H3. The van der Waals surface area contributed by atoms with Crippen molar-refractivity contribution >= 4 is 15.9 Å². The quantitative estimate of drug-likeness (QED) is 0.843. The fraction of sp³-hybridized carbons (Fsp3) is 0.316. The van der Waals surface area contributed by atoms with E-state index in [0.717, 1.165) is 0 Å². The van der Waals surface area contributed by atoms with Gasteiger partial charge < -0.3 is 14.7 Å². The molecule has 144 valence electrons. The van der Waals surface area contributed by atoms with Gasteiger partial charge in [-0.1, -0.05) is 6.07 Å². The number of carbonyl (C=O) groups excluding carboxylic acids is 1. The van der Waals surface area contributed by atoms with Crippen molar-refractivity contribution < 1.29 is 23.1 Å². The number of benzene rings is 2. The number of phenols is 1. The molecule has 2 aromatic carbocycles. The van der Waals surface area contributed by atoms with Gasteiger partial charge in [0.25, 0.3) is 5.91 Å². The van der Waals surface area contributed by atoms with Gasteiger partial charge in [-0.25, -0.2) is 8.42 Å². The summed E-state index contributed by atoms with van der Waals surface area (Å²) in [5, 5.41) is 9.52. The van der Waals surface area contributed by atoms with Crippen LogP contribution in [0.3, 0.4) is 0 Å². The van der Waals surface area contributed by atoms with Crippen LogP contribution in [0.1, 0.15) is 17.3 Å². The van der Waals surface area contributed by atoms with Gasteiger partial charge in [-0.05, 0) is 49.4 Å². The number of aromatic hydroxyl groups is 1. The van der Waals surface area contributed by atoms with E-state index < -0.39 is 10.0 Å². The summed E-state index contributed by atoms with van der Waals surface area (Å²) >= 11 is 0. The second-order valence-electron chi connectivity index (χ2n) is 6.15. The highest BCUT2D eigenvalue weighted by Crippen LogP contribution is 2.22. The van der Waals surface area contributed by atoms with Crippen LogP contribution in [-0.4, -0.2) is 61.4 Å². The Bertz CT molecular complexity index is 904. The van der Waals surface area contributed by atoms with Gasteiger partial charge in [-0.3, -0.25) is 4.79 Å². The number of phenolic OH excluding ortho intramolecular Hbond substituents is 1. The number of sulfonamides is 1. The molecule has 2 aromatic rings. The van der Waals surface area contributed by atoms with E-state index in [4.69, 9.17) is 4.74 Å². The third-order valence-electron chi connectivity index (χ3n) is 4.39. The molecule has 1 N–H and O–H groups in total. The first-order chi connectivity index (χ1) is 12.9. The highest BCUT2D eigenvalue weighted by Gasteiger charge is 2.30. The van der Waals surface area contributed by atoms with Crippen molar-refractivity contribution in [2.75, 3.05) is 32.8 Å². The first kappa shape index (κ1) is 19.2. The Morgan fingerprint density at radius 1 is 1.07 bits per heavy atom. The van der Waals surface area contributed by atoms with Crippen LogP contribution in [0.4, 0.5) is 0 Å². The largest absolute Gasteiger partial charge is 0.508 e. The van der Waals surface area contributed by atoms with Crippen molar-refractivity contribution in [1.82, 2.24) is 9.21 Å². The van der Waals surface area contributed by atoms with E-state index in [1.807, 2.05) is 6.92 Å². The molecule has 1 saturated heterocycles. The minimum atomic E-state index is -3.61. The summed E-state index contributed by atoms with van der Waals surface area (Å²) < 4.78 is 32.3. The number of rotatable bonds is 5. The van der Waals surface area contributed by atoms with E-state index in [1.165, 1.54) is 28.6 Å². The topological polar surface area (TPSA) is 87.2 Å². The number of carbonyl (C=O) groups is 1. The molecule has 1 aliphatic rings. The predicted molar refractivity (Wildman–Crippen MR) is 100 cm³/mol. The molecule has 1 amide bonds. The first-order valence-electron chi connectivity index (χ1n) is 8.73. The summed E-state index contributed by atoms with van der Waals surface area (Å²) in [6, 6.07) is 12.5. The number of ether oxygens (including phenoxy) is 1. The van der Waals surface area contributed by atoms with Crippen LogP contribution in [0.15, 0.2) is 53.4 Å². The van der Waals surface area contributed by atoms with Crippen LogP contribution in [-0.2, 0) is 10.0 Å². The summed E-state index contributed by atoms with van der Waals surface area (Å²) in [4.78, 5) is 14.3. The molecule has 0 aromatic heterocycles. The second kappa shape index (κ2) is 7.98. The minimum Gasteiger partial charge on any atom is -0.508 e. The summed E-state index contributed by atoms with van der Waals surface area (Å²) in [7, 11) is -3.61. The lowest BCUT2D eigenvalue weighted by Crippen LogP contribution is -2.50. The van der Waals surface area contributed by atoms with Crippen molar-refractivity contribution in [3.05, 3.63) is 54.1 Å². The summed E-state index contributed by atoms with van der Waals surface area (Å²) in [5.41, 5.74) is 0.387. The van der Waals surface area contributed by atoms with E-state index in [0.29, 0.717) is 31.0 Å². The lowest BCUT2D eigenvalue weighted by Gasteiger charge is -2.34. The summed E-state index contributed by atoms with van der Waals surface area (Å²) in [6.45, 7) is 3.42. The van der Waals surface area contributed by atoms with Crippen molar-refractivity contribution in [2.45, 2.75) is 11.8 Å². The van der Waals surface area contributed by atoms with Crippen molar-refractivity contribution in [1.29, 1.82) is 0 Å². The van der Waals surface area contributed by atoms with Gasteiger partial charge in [0.1, 0.15) is 11.5 Å². The monoisotopic (exact) mass is 390 g/mol. The Hall–Kier alpha value is -2.58. The molecule has 0 radical (unpaired) electrons. The van der Waals surface area contributed by atoms with Crippen LogP contribution < -0.4 is 4.74 Å². The van der Waals surface area contributed by atoms with Gasteiger partial charge >= 0.3 is 0 Å². The average molecular weight is 390 g/mol. The molecule has 0 saturated carbocycles.